The zero-order valence-corrected chi connectivity index (χ0v) is 12.2. The van der Waals surface area contributed by atoms with Crippen molar-refractivity contribution in [3.05, 3.63) is 36.0 Å². The van der Waals surface area contributed by atoms with Crippen LogP contribution in [0.25, 0.3) is 0 Å². The molecule has 6 heteroatoms. The molecule has 0 saturated heterocycles. The number of cyclic esters (lactones) is 1. The number of carbonyl (C=O) groups is 2. The fourth-order valence-corrected chi connectivity index (χ4v) is 1.50. The number of ether oxygens (including phenoxy) is 2. The summed E-state index contributed by atoms with van der Waals surface area (Å²) in [6.45, 7) is 4.73. The van der Waals surface area contributed by atoms with Gasteiger partial charge in [-0.1, -0.05) is 12.2 Å². The summed E-state index contributed by atoms with van der Waals surface area (Å²) in [6.07, 6.45) is 3.33. The topological polar surface area (TPSA) is 93.1 Å². The minimum Gasteiger partial charge on any atom is -0.451 e. The Bertz CT molecular complexity index is 475. The van der Waals surface area contributed by atoms with Gasteiger partial charge in [-0.15, -0.1) is 0 Å². The van der Waals surface area contributed by atoms with Gasteiger partial charge in [0.15, 0.2) is 12.2 Å². The van der Waals surface area contributed by atoms with E-state index >= 15 is 0 Å². The van der Waals surface area contributed by atoms with Crippen molar-refractivity contribution in [1.29, 1.82) is 0 Å². The molecule has 21 heavy (non-hydrogen) atoms. The Morgan fingerprint density at radius 1 is 1.43 bits per heavy atom. The van der Waals surface area contributed by atoms with Gasteiger partial charge in [0.1, 0.15) is 0 Å². The third-order valence-corrected chi connectivity index (χ3v) is 2.99. The van der Waals surface area contributed by atoms with Gasteiger partial charge in [0.05, 0.1) is 12.2 Å². The Morgan fingerprint density at radius 3 is 2.57 bits per heavy atom. The van der Waals surface area contributed by atoms with Crippen LogP contribution >= 0.6 is 0 Å². The highest BCUT2D eigenvalue weighted by atomic mass is 16.6. The normalized spacial score (nSPS) is 23.0. The van der Waals surface area contributed by atoms with E-state index in [2.05, 4.69) is 0 Å². The van der Waals surface area contributed by atoms with Gasteiger partial charge in [-0.2, -0.15) is 0 Å². The first-order valence-corrected chi connectivity index (χ1v) is 6.62. The average molecular weight is 296 g/mol. The number of hydrogen-bond donors (Lipinski definition) is 2. The van der Waals surface area contributed by atoms with Crippen molar-refractivity contribution in [1.82, 2.24) is 0 Å². The van der Waals surface area contributed by atoms with Crippen LogP contribution in [0.5, 0.6) is 0 Å². The zero-order valence-electron chi connectivity index (χ0n) is 12.2. The Balaban J connectivity index is 2.82. The SMILES string of the molecule is C/C=C(\C)C(=O)O[C@@H](/C=C/[C@H](O)[C@@H](C)O)[C@H]1C=CC(=O)O1. The molecule has 116 valence electrons. The number of hydrogen-bond acceptors (Lipinski definition) is 6. The van der Waals surface area contributed by atoms with Gasteiger partial charge in [0, 0.05) is 11.6 Å². The van der Waals surface area contributed by atoms with E-state index in [0.717, 1.165) is 0 Å². The number of aliphatic hydroxyl groups excluding tert-OH is 2. The lowest BCUT2D eigenvalue weighted by atomic mass is 10.1. The van der Waals surface area contributed by atoms with Crippen LogP contribution in [0.15, 0.2) is 36.0 Å². The van der Waals surface area contributed by atoms with Gasteiger partial charge in [-0.3, -0.25) is 0 Å². The summed E-state index contributed by atoms with van der Waals surface area (Å²) in [4.78, 5) is 22.9. The lowest BCUT2D eigenvalue weighted by Crippen LogP contribution is -2.30. The molecule has 0 unspecified atom stereocenters. The summed E-state index contributed by atoms with van der Waals surface area (Å²) in [6, 6.07) is 0. The largest absolute Gasteiger partial charge is 0.451 e. The molecule has 0 aromatic rings. The fourth-order valence-electron chi connectivity index (χ4n) is 1.50. The summed E-state index contributed by atoms with van der Waals surface area (Å²) >= 11 is 0. The first kappa shape index (κ1) is 17.1. The molecule has 1 rings (SSSR count). The number of rotatable bonds is 6. The van der Waals surface area contributed by atoms with E-state index in [4.69, 9.17) is 9.47 Å². The molecule has 0 saturated carbocycles. The van der Waals surface area contributed by atoms with Crippen LogP contribution in [0.4, 0.5) is 0 Å². The monoisotopic (exact) mass is 296 g/mol. The van der Waals surface area contributed by atoms with Crippen molar-refractivity contribution in [3.8, 4) is 0 Å². The first-order valence-electron chi connectivity index (χ1n) is 6.62. The summed E-state index contributed by atoms with van der Waals surface area (Å²) in [5.74, 6) is -1.07. The van der Waals surface area contributed by atoms with Crippen LogP contribution in [0.1, 0.15) is 20.8 Å². The molecule has 0 fully saturated rings. The second kappa shape index (κ2) is 7.75. The lowest BCUT2D eigenvalue weighted by Gasteiger charge is -2.20. The standard InChI is InChI=1S/C15H20O6/c1-4-9(2)15(19)21-13(6-5-11(17)10(3)16)12-7-8-14(18)20-12/h4-8,10-13,16-17H,1-3H3/b6-5+,9-4+/t10-,11+,12-,13+/m1/s1. The molecule has 1 aliphatic heterocycles. The third-order valence-electron chi connectivity index (χ3n) is 2.99. The van der Waals surface area contributed by atoms with Crippen molar-refractivity contribution in [2.45, 2.75) is 45.2 Å². The quantitative estimate of drug-likeness (QED) is 0.424. The van der Waals surface area contributed by atoms with E-state index in [-0.39, 0.29) is 0 Å². The Morgan fingerprint density at radius 2 is 2.10 bits per heavy atom. The maximum atomic E-state index is 11.8. The molecule has 2 N–H and O–H groups in total. The predicted octanol–water partition coefficient (Wildman–Crippen LogP) is 0.644. The Labute approximate surface area is 123 Å². The summed E-state index contributed by atoms with van der Waals surface area (Å²) in [5.41, 5.74) is 0.415. The average Bonchev–Trinajstić information content (AvgIpc) is 2.87. The molecule has 0 aromatic heterocycles. The maximum absolute atomic E-state index is 11.8. The molecule has 0 amide bonds. The van der Waals surface area contributed by atoms with Gasteiger partial charge >= 0.3 is 11.9 Å². The van der Waals surface area contributed by atoms with Crippen LogP contribution in [0, 0.1) is 0 Å². The number of esters is 2. The van der Waals surface area contributed by atoms with Gasteiger partial charge in [-0.25, -0.2) is 9.59 Å². The highest BCUT2D eigenvalue weighted by Gasteiger charge is 2.28. The molecule has 6 nitrogen and oxygen atoms in total. The first-order chi connectivity index (χ1) is 9.85. The van der Waals surface area contributed by atoms with Gasteiger partial charge in [0.25, 0.3) is 0 Å². The van der Waals surface area contributed by atoms with E-state index in [0.29, 0.717) is 5.57 Å². The Hall–Kier alpha value is -1.92. The smallest absolute Gasteiger partial charge is 0.334 e. The molecular weight excluding hydrogens is 276 g/mol. The van der Waals surface area contributed by atoms with Crippen molar-refractivity contribution < 1.29 is 29.3 Å². The van der Waals surface area contributed by atoms with Crippen LogP contribution < -0.4 is 0 Å². The summed E-state index contributed by atoms with van der Waals surface area (Å²) in [7, 11) is 0. The summed E-state index contributed by atoms with van der Waals surface area (Å²) in [5, 5.41) is 18.8. The molecule has 0 aliphatic carbocycles. The molecule has 0 radical (unpaired) electrons. The predicted molar refractivity (Wildman–Crippen MR) is 75.2 cm³/mol. The van der Waals surface area contributed by atoms with Crippen molar-refractivity contribution in [2.24, 2.45) is 0 Å². The minimum absolute atomic E-state index is 0.415. The fraction of sp³-hybridized carbons (Fsp3) is 0.467. The molecular formula is C15H20O6. The maximum Gasteiger partial charge on any atom is 0.334 e. The molecule has 0 bridgehead atoms. The van der Waals surface area contributed by atoms with Gasteiger partial charge < -0.3 is 19.7 Å². The van der Waals surface area contributed by atoms with Crippen molar-refractivity contribution in [2.75, 3.05) is 0 Å². The van der Waals surface area contributed by atoms with E-state index in [1.807, 2.05) is 0 Å². The number of allylic oxidation sites excluding steroid dienone is 1. The lowest BCUT2D eigenvalue weighted by molar-refractivity contribution is -0.153. The second-order valence-corrected chi connectivity index (χ2v) is 4.72. The molecule has 1 heterocycles. The summed E-state index contributed by atoms with van der Waals surface area (Å²) < 4.78 is 10.2. The molecule has 4 atom stereocenters. The van der Waals surface area contributed by atoms with Crippen LogP contribution in [-0.4, -0.2) is 46.6 Å². The van der Waals surface area contributed by atoms with Crippen molar-refractivity contribution in [3.63, 3.8) is 0 Å². The van der Waals surface area contributed by atoms with Gasteiger partial charge in [-0.05, 0) is 32.9 Å². The number of carbonyl (C=O) groups excluding carboxylic acids is 2. The van der Waals surface area contributed by atoms with Crippen LogP contribution in [-0.2, 0) is 19.1 Å². The molecule has 0 spiro atoms. The van der Waals surface area contributed by atoms with Crippen LogP contribution in [0.2, 0.25) is 0 Å². The zero-order chi connectivity index (χ0) is 16.0. The van der Waals surface area contributed by atoms with Crippen molar-refractivity contribution >= 4 is 11.9 Å². The van der Waals surface area contributed by atoms with Crippen LogP contribution in [0.3, 0.4) is 0 Å². The molecule has 1 aliphatic rings. The second-order valence-electron chi connectivity index (χ2n) is 4.72. The number of aliphatic hydroxyl groups is 2. The van der Waals surface area contributed by atoms with E-state index in [9.17, 15) is 19.8 Å². The van der Waals surface area contributed by atoms with E-state index < -0.39 is 36.4 Å². The van der Waals surface area contributed by atoms with E-state index in [1.54, 1.807) is 19.9 Å². The molecule has 0 aromatic carbocycles. The highest BCUT2D eigenvalue weighted by Crippen LogP contribution is 2.16. The highest BCUT2D eigenvalue weighted by molar-refractivity contribution is 5.88. The van der Waals surface area contributed by atoms with E-state index in [1.165, 1.54) is 31.2 Å². The third kappa shape index (κ3) is 5.17. The Kier molecular flexibility index (Phi) is 6.33. The van der Waals surface area contributed by atoms with Gasteiger partial charge in [0.2, 0.25) is 0 Å². The minimum atomic E-state index is -1.10.